The molecule has 0 saturated carbocycles. The fourth-order valence-electron chi connectivity index (χ4n) is 1.20. The van der Waals surface area contributed by atoms with Crippen LogP contribution in [0, 0.1) is 5.82 Å². The monoisotopic (exact) mass is 235 g/mol. The van der Waals surface area contributed by atoms with E-state index in [4.69, 9.17) is 10.5 Å². The lowest BCUT2D eigenvalue weighted by Gasteiger charge is -2.16. The quantitative estimate of drug-likeness (QED) is 0.838. The molecule has 0 radical (unpaired) electrons. The van der Waals surface area contributed by atoms with Crippen molar-refractivity contribution in [2.75, 3.05) is 7.11 Å². The SMILES string of the molecule is COc1cccc([C@H](N)[C@@H](C)O)c1F.Cl. The van der Waals surface area contributed by atoms with E-state index in [2.05, 4.69) is 0 Å². The molecule has 0 aliphatic heterocycles. The van der Waals surface area contributed by atoms with Crippen LogP contribution in [0.25, 0.3) is 0 Å². The molecule has 86 valence electrons. The lowest BCUT2D eigenvalue weighted by atomic mass is 10.0. The number of benzene rings is 1. The molecule has 0 spiro atoms. The Morgan fingerprint density at radius 1 is 1.47 bits per heavy atom. The molecule has 2 atom stereocenters. The molecule has 15 heavy (non-hydrogen) atoms. The summed E-state index contributed by atoms with van der Waals surface area (Å²) in [5, 5.41) is 9.23. The van der Waals surface area contributed by atoms with Crippen LogP contribution in [0.1, 0.15) is 18.5 Å². The van der Waals surface area contributed by atoms with Gasteiger partial charge in [-0.25, -0.2) is 4.39 Å². The summed E-state index contributed by atoms with van der Waals surface area (Å²) >= 11 is 0. The molecule has 3 nitrogen and oxygen atoms in total. The molecule has 0 aliphatic rings. The maximum absolute atomic E-state index is 13.6. The van der Waals surface area contributed by atoms with Crippen LogP contribution in [-0.4, -0.2) is 18.3 Å². The van der Waals surface area contributed by atoms with Crippen molar-refractivity contribution >= 4 is 12.4 Å². The van der Waals surface area contributed by atoms with Gasteiger partial charge in [0.05, 0.1) is 19.3 Å². The second-order valence-electron chi connectivity index (χ2n) is 3.13. The zero-order valence-electron chi connectivity index (χ0n) is 8.61. The summed E-state index contributed by atoms with van der Waals surface area (Å²) in [6.45, 7) is 1.52. The normalized spacial score (nSPS) is 13.9. The summed E-state index contributed by atoms with van der Waals surface area (Å²) in [4.78, 5) is 0. The van der Waals surface area contributed by atoms with Gasteiger partial charge in [-0.15, -0.1) is 12.4 Å². The highest BCUT2D eigenvalue weighted by Gasteiger charge is 2.18. The average Bonchev–Trinajstić information content (AvgIpc) is 2.17. The molecular weight excluding hydrogens is 221 g/mol. The Labute approximate surface area is 94.5 Å². The number of methoxy groups -OCH3 is 1. The summed E-state index contributed by atoms with van der Waals surface area (Å²) in [7, 11) is 1.39. The number of hydrogen-bond donors (Lipinski definition) is 2. The first-order valence-electron chi connectivity index (χ1n) is 4.34. The molecule has 3 N–H and O–H groups in total. The fraction of sp³-hybridized carbons (Fsp3) is 0.400. The number of ether oxygens (including phenoxy) is 1. The van der Waals surface area contributed by atoms with Gasteiger partial charge >= 0.3 is 0 Å². The number of nitrogens with two attached hydrogens (primary N) is 1. The molecule has 0 fully saturated rings. The number of rotatable bonds is 3. The predicted molar refractivity (Wildman–Crippen MR) is 58.8 cm³/mol. The minimum atomic E-state index is -0.795. The molecule has 1 aromatic rings. The maximum Gasteiger partial charge on any atom is 0.169 e. The largest absolute Gasteiger partial charge is 0.494 e. The minimum Gasteiger partial charge on any atom is -0.494 e. The first-order valence-corrected chi connectivity index (χ1v) is 4.34. The van der Waals surface area contributed by atoms with Gasteiger partial charge in [-0.2, -0.15) is 0 Å². The van der Waals surface area contributed by atoms with Crippen molar-refractivity contribution in [2.45, 2.75) is 19.1 Å². The standard InChI is InChI=1S/C10H14FNO2.ClH/c1-6(13)10(12)7-4-3-5-8(14-2)9(7)11;/h3-6,10,13H,12H2,1-2H3;1H/t6-,10-;/m1./s1. The number of aliphatic hydroxyl groups excluding tert-OH is 1. The van der Waals surface area contributed by atoms with Crippen molar-refractivity contribution in [1.82, 2.24) is 0 Å². The Morgan fingerprint density at radius 2 is 2.07 bits per heavy atom. The van der Waals surface area contributed by atoms with Crippen LogP contribution < -0.4 is 10.5 Å². The summed E-state index contributed by atoms with van der Waals surface area (Å²) in [5.74, 6) is -0.373. The minimum absolute atomic E-state index is 0. The van der Waals surface area contributed by atoms with Gasteiger partial charge in [0.1, 0.15) is 0 Å². The Balaban J connectivity index is 0.00000196. The van der Waals surface area contributed by atoms with Crippen molar-refractivity contribution in [3.05, 3.63) is 29.6 Å². The van der Waals surface area contributed by atoms with Gasteiger partial charge in [0.25, 0.3) is 0 Å². The highest BCUT2D eigenvalue weighted by atomic mass is 35.5. The molecule has 5 heteroatoms. The van der Waals surface area contributed by atoms with E-state index in [0.29, 0.717) is 0 Å². The van der Waals surface area contributed by atoms with Crippen molar-refractivity contribution in [2.24, 2.45) is 5.73 Å². The smallest absolute Gasteiger partial charge is 0.169 e. The Morgan fingerprint density at radius 3 is 2.53 bits per heavy atom. The topological polar surface area (TPSA) is 55.5 Å². The number of hydrogen-bond acceptors (Lipinski definition) is 3. The van der Waals surface area contributed by atoms with Crippen LogP contribution in [0.15, 0.2) is 18.2 Å². The third-order valence-corrected chi connectivity index (χ3v) is 2.09. The van der Waals surface area contributed by atoms with Gasteiger partial charge < -0.3 is 15.6 Å². The molecule has 1 rings (SSSR count). The van der Waals surface area contributed by atoms with E-state index in [1.54, 1.807) is 6.07 Å². The molecule has 0 saturated heterocycles. The molecule has 0 heterocycles. The average molecular weight is 236 g/mol. The van der Waals surface area contributed by atoms with Gasteiger partial charge in [0.15, 0.2) is 11.6 Å². The molecule has 1 aromatic carbocycles. The molecule has 0 aliphatic carbocycles. The van der Waals surface area contributed by atoms with Crippen molar-refractivity contribution in [3.8, 4) is 5.75 Å². The fourth-order valence-corrected chi connectivity index (χ4v) is 1.20. The van der Waals surface area contributed by atoms with E-state index in [9.17, 15) is 9.50 Å². The van der Waals surface area contributed by atoms with Crippen LogP contribution in [0.2, 0.25) is 0 Å². The third-order valence-electron chi connectivity index (χ3n) is 2.09. The van der Waals surface area contributed by atoms with E-state index in [0.717, 1.165) is 0 Å². The highest BCUT2D eigenvalue weighted by molar-refractivity contribution is 5.85. The Hall–Kier alpha value is -0.840. The van der Waals surface area contributed by atoms with E-state index in [1.807, 2.05) is 0 Å². The second-order valence-corrected chi connectivity index (χ2v) is 3.13. The van der Waals surface area contributed by atoms with Crippen LogP contribution in [0.3, 0.4) is 0 Å². The zero-order chi connectivity index (χ0) is 10.7. The van der Waals surface area contributed by atoms with E-state index < -0.39 is 18.0 Å². The molecule has 0 aromatic heterocycles. The zero-order valence-corrected chi connectivity index (χ0v) is 9.42. The van der Waals surface area contributed by atoms with E-state index in [1.165, 1.54) is 26.2 Å². The molecule has 0 unspecified atom stereocenters. The van der Waals surface area contributed by atoms with Crippen molar-refractivity contribution in [3.63, 3.8) is 0 Å². The number of halogens is 2. The van der Waals surface area contributed by atoms with Gasteiger partial charge in [0.2, 0.25) is 0 Å². The highest BCUT2D eigenvalue weighted by Crippen LogP contribution is 2.25. The van der Waals surface area contributed by atoms with Crippen LogP contribution in [0.5, 0.6) is 5.75 Å². The maximum atomic E-state index is 13.6. The van der Waals surface area contributed by atoms with Crippen LogP contribution in [-0.2, 0) is 0 Å². The summed E-state index contributed by atoms with van der Waals surface area (Å²) in [5.41, 5.74) is 5.88. The molecule has 0 bridgehead atoms. The summed E-state index contributed by atoms with van der Waals surface area (Å²) < 4.78 is 18.4. The van der Waals surface area contributed by atoms with Crippen LogP contribution in [0.4, 0.5) is 4.39 Å². The van der Waals surface area contributed by atoms with Crippen molar-refractivity contribution < 1.29 is 14.2 Å². The predicted octanol–water partition coefficient (Wildman–Crippen LogP) is 1.64. The van der Waals surface area contributed by atoms with Gasteiger partial charge in [0, 0.05) is 5.56 Å². The van der Waals surface area contributed by atoms with Crippen molar-refractivity contribution in [1.29, 1.82) is 0 Å². The van der Waals surface area contributed by atoms with Gasteiger partial charge in [-0.05, 0) is 13.0 Å². The Bertz CT molecular complexity index is 320. The van der Waals surface area contributed by atoms with E-state index in [-0.39, 0.29) is 23.7 Å². The summed E-state index contributed by atoms with van der Waals surface area (Å²) in [6, 6.07) is 3.95. The second kappa shape index (κ2) is 5.90. The number of aliphatic hydroxyl groups is 1. The molecule has 0 amide bonds. The first-order chi connectivity index (χ1) is 6.57. The van der Waals surface area contributed by atoms with Gasteiger partial charge in [-0.1, -0.05) is 12.1 Å². The Kier molecular flexibility index (Phi) is 5.57. The lowest BCUT2D eigenvalue weighted by Crippen LogP contribution is -2.24. The lowest BCUT2D eigenvalue weighted by molar-refractivity contribution is 0.162. The van der Waals surface area contributed by atoms with Crippen LogP contribution >= 0.6 is 12.4 Å². The third kappa shape index (κ3) is 3.06. The van der Waals surface area contributed by atoms with Gasteiger partial charge in [-0.3, -0.25) is 0 Å². The first kappa shape index (κ1) is 14.2. The van der Waals surface area contributed by atoms with E-state index >= 15 is 0 Å². The molecular formula is C10H15ClFNO2. The summed E-state index contributed by atoms with van der Waals surface area (Å²) in [6.07, 6.45) is -0.795.